The van der Waals surface area contributed by atoms with Crippen LogP contribution in [0.1, 0.15) is 12.0 Å². The molecule has 4 heteroatoms. The molecule has 3 rings (SSSR count). The molecule has 19 heavy (non-hydrogen) atoms. The summed E-state index contributed by atoms with van der Waals surface area (Å²) in [4.78, 5) is 12.1. The molecule has 4 atom stereocenters. The van der Waals surface area contributed by atoms with E-state index < -0.39 is 0 Å². The molecule has 0 aromatic heterocycles. The fourth-order valence-corrected chi connectivity index (χ4v) is 3.02. The number of nitrogens with two attached hydrogens (primary N) is 1. The van der Waals surface area contributed by atoms with E-state index in [1.165, 1.54) is 0 Å². The van der Waals surface area contributed by atoms with Crippen molar-refractivity contribution in [3.8, 4) is 0 Å². The summed E-state index contributed by atoms with van der Waals surface area (Å²) in [5.41, 5.74) is 7.09. The molecule has 2 N–H and O–H groups in total. The van der Waals surface area contributed by atoms with Crippen LogP contribution in [0.2, 0.25) is 0 Å². The van der Waals surface area contributed by atoms with Gasteiger partial charge in [-0.25, -0.2) is 0 Å². The molecule has 102 valence electrons. The summed E-state index contributed by atoms with van der Waals surface area (Å²) in [6.07, 6.45) is 5.26. The van der Waals surface area contributed by atoms with Crippen molar-refractivity contribution in [3.05, 3.63) is 48.0 Å². The van der Waals surface area contributed by atoms with Gasteiger partial charge in [0, 0.05) is 6.04 Å². The number of carbonyl (C=O) groups excluding carboxylic acids is 1. The molecular formula is C15H18ClNO2. The van der Waals surface area contributed by atoms with E-state index >= 15 is 0 Å². The van der Waals surface area contributed by atoms with Crippen LogP contribution in [0.15, 0.2) is 42.5 Å². The minimum Gasteiger partial charge on any atom is -0.461 e. The lowest BCUT2D eigenvalue weighted by atomic mass is 9.90. The highest BCUT2D eigenvalue weighted by molar-refractivity contribution is 5.85. The second kappa shape index (κ2) is 5.76. The molecule has 0 radical (unpaired) electrons. The third-order valence-electron chi connectivity index (χ3n) is 4.02. The largest absolute Gasteiger partial charge is 0.461 e. The van der Waals surface area contributed by atoms with Crippen molar-refractivity contribution in [3.63, 3.8) is 0 Å². The van der Waals surface area contributed by atoms with Crippen LogP contribution in [0.3, 0.4) is 0 Å². The molecule has 0 aliphatic heterocycles. The zero-order valence-corrected chi connectivity index (χ0v) is 11.4. The summed E-state index contributed by atoms with van der Waals surface area (Å²) in [7, 11) is 0. The van der Waals surface area contributed by atoms with E-state index in [9.17, 15) is 4.79 Å². The normalized spacial score (nSPS) is 31.0. The van der Waals surface area contributed by atoms with E-state index in [2.05, 4.69) is 12.2 Å². The summed E-state index contributed by atoms with van der Waals surface area (Å²) in [5, 5.41) is 0. The molecule has 1 aromatic carbocycles. The van der Waals surface area contributed by atoms with Gasteiger partial charge in [0.2, 0.25) is 0 Å². The SMILES string of the molecule is Cl.N[C@@H]1[C@H](C(=O)OCc2ccccc2)[C@H]2C=C[C@@H]1C2. The first-order valence-corrected chi connectivity index (χ1v) is 6.40. The fourth-order valence-electron chi connectivity index (χ4n) is 3.02. The summed E-state index contributed by atoms with van der Waals surface area (Å²) >= 11 is 0. The third-order valence-corrected chi connectivity index (χ3v) is 4.02. The Morgan fingerprint density at radius 1 is 1.21 bits per heavy atom. The Balaban J connectivity index is 0.00000133. The number of ether oxygens (including phenoxy) is 1. The van der Waals surface area contributed by atoms with E-state index in [0.29, 0.717) is 12.5 Å². The Bertz CT molecular complexity index is 474. The molecule has 0 spiro atoms. The maximum atomic E-state index is 12.1. The van der Waals surface area contributed by atoms with Crippen LogP contribution in [-0.2, 0) is 16.1 Å². The quantitative estimate of drug-likeness (QED) is 0.682. The molecular weight excluding hydrogens is 262 g/mol. The van der Waals surface area contributed by atoms with Gasteiger partial charge in [0.1, 0.15) is 6.61 Å². The lowest BCUT2D eigenvalue weighted by Crippen LogP contribution is -2.39. The Labute approximate surface area is 119 Å². The van der Waals surface area contributed by atoms with Crippen molar-refractivity contribution in [1.82, 2.24) is 0 Å². The molecule has 2 aliphatic carbocycles. The first kappa shape index (κ1) is 14.1. The van der Waals surface area contributed by atoms with Gasteiger partial charge >= 0.3 is 5.97 Å². The second-order valence-corrected chi connectivity index (χ2v) is 5.14. The van der Waals surface area contributed by atoms with Gasteiger partial charge in [0.05, 0.1) is 5.92 Å². The van der Waals surface area contributed by atoms with Gasteiger partial charge in [-0.1, -0.05) is 42.5 Å². The van der Waals surface area contributed by atoms with Crippen LogP contribution in [-0.4, -0.2) is 12.0 Å². The number of allylic oxidation sites excluding steroid dienone is 1. The van der Waals surface area contributed by atoms with E-state index in [0.717, 1.165) is 12.0 Å². The number of halogens is 1. The van der Waals surface area contributed by atoms with Gasteiger partial charge in [-0.05, 0) is 23.8 Å². The maximum absolute atomic E-state index is 12.1. The Kier molecular flexibility index (Phi) is 4.27. The summed E-state index contributed by atoms with van der Waals surface area (Å²) < 4.78 is 5.38. The molecule has 0 heterocycles. The van der Waals surface area contributed by atoms with Crippen LogP contribution in [0.25, 0.3) is 0 Å². The van der Waals surface area contributed by atoms with Crippen molar-refractivity contribution < 1.29 is 9.53 Å². The number of hydrogen-bond acceptors (Lipinski definition) is 3. The Hall–Kier alpha value is -1.32. The minimum atomic E-state index is -0.150. The molecule has 0 amide bonds. The van der Waals surface area contributed by atoms with Gasteiger partial charge in [0.25, 0.3) is 0 Å². The van der Waals surface area contributed by atoms with Gasteiger partial charge < -0.3 is 10.5 Å². The second-order valence-electron chi connectivity index (χ2n) is 5.14. The molecule has 2 aliphatic rings. The maximum Gasteiger partial charge on any atom is 0.311 e. The number of rotatable bonds is 3. The van der Waals surface area contributed by atoms with Gasteiger partial charge in [-0.3, -0.25) is 4.79 Å². The van der Waals surface area contributed by atoms with Gasteiger partial charge in [0.15, 0.2) is 0 Å². The van der Waals surface area contributed by atoms with Crippen LogP contribution in [0.5, 0.6) is 0 Å². The number of benzene rings is 1. The summed E-state index contributed by atoms with van der Waals surface area (Å²) in [6, 6.07) is 9.66. The number of carbonyl (C=O) groups is 1. The molecule has 3 nitrogen and oxygen atoms in total. The number of fused-ring (bicyclic) bond motifs is 2. The predicted molar refractivity (Wildman–Crippen MR) is 75.7 cm³/mol. The van der Waals surface area contributed by atoms with Crippen molar-refractivity contribution in [2.45, 2.75) is 19.1 Å². The molecule has 1 fully saturated rings. The van der Waals surface area contributed by atoms with E-state index in [4.69, 9.17) is 10.5 Å². The van der Waals surface area contributed by atoms with E-state index in [1.54, 1.807) is 0 Å². The van der Waals surface area contributed by atoms with E-state index in [1.807, 2.05) is 30.3 Å². The van der Waals surface area contributed by atoms with Crippen molar-refractivity contribution >= 4 is 18.4 Å². The molecule has 1 saturated carbocycles. The highest BCUT2D eigenvalue weighted by Gasteiger charge is 2.47. The molecule has 1 aromatic rings. The Morgan fingerprint density at radius 3 is 2.53 bits per heavy atom. The average molecular weight is 280 g/mol. The lowest BCUT2D eigenvalue weighted by Gasteiger charge is -2.22. The van der Waals surface area contributed by atoms with Crippen molar-refractivity contribution in [1.29, 1.82) is 0 Å². The van der Waals surface area contributed by atoms with E-state index in [-0.39, 0.29) is 36.3 Å². The van der Waals surface area contributed by atoms with Crippen molar-refractivity contribution in [2.24, 2.45) is 23.5 Å². The van der Waals surface area contributed by atoms with Crippen LogP contribution >= 0.6 is 12.4 Å². The molecule has 0 unspecified atom stereocenters. The monoisotopic (exact) mass is 279 g/mol. The van der Waals surface area contributed by atoms with Crippen LogP contribution in [0, 0.1) is 17.8 Å². The fraction of sp³-hybridized carbons (Fsp3) is 0.400. The Morgan fingerprint density at radius 2 is 1.89 bits per heavy atom. The zero-order chi connectivity index (χ0) is 12.5. The summed E-state index contributed by atoms with van der Waals surface area (Å²) in [6.45, 7) is 0.337. The number of esters is 1. The van der Waals surface area contributed by atoms with Gasteiger partial charge in [-0.15, -0.1) is 12.4 Å². The summed E-state index contributed by atoms with van der Waals surface area (Å²) in [5.74, 6) is 0.351. The standard InChI is InChI=1S/C15H17NO2.ClH/c16-14-12-7-6-11(8-12)13(14)15(17)18-9-10-4-2-1-3-5-10;/h1-7,11-14H,8-9,16H2;1H/t11-,12+,13+,14-;/m0./s1. The zero-order valence-electron chi connectivity index (χ0n) is 10.6. The first-order valence-electron chi connectivity index (χ1n) is 6.40. The smallest absolute Gasteiger partial charge is 0.311 e. The lowest BCUT2D eigenvalue weighted by molar-refractivity contribution is -0.151. The highest BCUT2D eigenvalue weighted by Crippen LogP contribution is 2.43. The minimum absolute atomic E-state index is 0. The molecule has 2 bridgehead atoms. The average Bonchev–Trinajstić information content (AvgIpc) is 2.98. The third kappa shape index (κ3) is 2.67. The van der Waals surface area contributed by atoms with Gasteiger partial charge in [-0.2, -0.15) is 0 Å². The van der Waals surface area contributed by atoms with Crippen molar-refractivity contribution in [2.75, 3.05) is 0 Å². The molecule has 0 saturated heterocycles. The van der Waals surface area contributed by atoms with Crippen LogP contribution < -0.4 is 5.73 Å². The number of hydrogen-bond donors (Lipinski definition) is 1. The topological polar surface area (TPSA) is 52.3 Å². The predicted octanol–water partition coefficient (Wildman–Crippen LogP) is 2.30. The van der Waals surface area contributed by atoms with Crippen LogP contribution in [0.4, 0.5) is 0 Å². The first-order chi connectivity index (χ1) is 8.75. The highest BCUT2D eigenvalue weighted by atomic mass is 35.5.